The molecule has 0 radical (unpaired) electrons. The van der Waals surface area contributed by atoms with Gasteiger partial charge in [0, 0.05) is 30.7 Å². The summed E-state index contributed by atoms with van der Waals surface area (Å²) < 4.78 is 5.70. The Morgan fingerprint density at radius 3 is 2.52 bits per heavy atom. The molecule has 4 rings (SSSR count). The minimum absolute atomic E-state index is 0.0799. The Balaban J connectivity index is 1.67. The first-order chi connectivity index (χ1) is 13.9. The fourth-order valence-corrected chi connectivity index (χ4v) is 4.28. The molecular weight excluding hydrogens is 366 g/mol. The van der Waals surface area contributed by atoms with Crippen LogP contribution in [0.25, 0.3) is 0 Å². The summed E-state index contributed by atoms with van der Waals surface area (Å²) in [7, 11) is 1.98. The van der Waals surface area contributed by atoms with E-state index in [0.29, 0.717) is 35.8 Å². The zero-order valence-corrected chi connectivity index (χ0v) is 17.8. The van der Waals surface area contributed by atoms with E-state index in [1.807, 2.05) is 62.7 Å². The van der Waals surface area contributed by atoms with E-state index in [1.165, 1.54) is 6.42 Å². The van der Waals surface area contributed by atoms with E-state index in [1.54, 1.807) is 0 Å². The van der Waals surface area contributed by atoms with Gasteiger partial charge in [0.2, 0.25) is 5.95 Å². The number of piperidine rings is 1. The number of carbonyl (C=O) groups is 1. The lowest BCUT2D eigenvalue weighted by Crippen LogP contribution is -2.53. The molecule has 7 nitrogen and oxygen atoms in total. The quantitative estimate of drug-likeness (QED) is 0.775. The van der Waals surface area contributed by atoms with Crippen LogP contribution in [0, 0.1) is 32.6 Å². The number of aromatic nitrogens is 3. The van der Waals surface area contributed by atoms with Crippen LogP contribution in [0.1, 0.15) is 47.3 Å². The van der Waals surface area contributed by atoms with Crippen molar-refractivity contribution in [2.24, 2.45) is 11.8 Å². The molecule has 0 N–H and O–H groups in total. The van der Waals surface area contributed by atoms with Gasteiger partial charge in [-0.05, 0) is 70.6 Å². The molecule has 0 spiro atoms. The van der Waals surface area contributed by atoms with E-state index in [4.69, 9.17) is 4.74 Å². The van der Waals surface area contributed by atoms with E-state index in [2.05, 4.69) is 15.0 Å². The van der Waals surface area contributed by atoms with E-state index in [-0.39, 0.29) is 12.1 Å². The third kappa shape index (κ3) is 3.91. The van der Waals surface area contributed by atoms with Gasteiger partial charge in [-0.1, -0.05) is 0 Å². The summed E-state index contributed by atoms with van der Waals surface area (Å²) in [5, 5.41) is 0. The lowest BCUT2D eigenvalue weighted by atomic mass is 10.1. The third-order valence-corrected chi connectivity index (χ3v) is 5.87. The van der Waals surface area contributed by atoms with Gasteiger partial charge in [-0.15, -0.1) is 0 Å². The van der Waals surface area contributed by atoms with Gasteiger partial charge in [-0.2, -0.15) is 0 Å². The minimum Gasteiger partial charge on any atom is -0.491 e. The molecule has 1 aliphatic carbocycles. The molecule has 154 valence electrons. The average molecular weight is 396 g/mol. The number of ether oxygens (including phenoxy) is 1. The van der Waals surface area contributed by atoms with Gasteiger partial charge in [0.05, 0.1) is 6.61 Å². The first kappa shape index (κ1) is 19.6. The van der Waals surface area contributed by atoms with Crippen molar-refractivity contribution in [3.05, 3.63) is 41.0 Å². The second-order valence-electron chi connectivity index (χ2n) is 8.22. The molecule has 29 heavy (non-hydrogen) atoms. The molecule has 2 aromatic heterocycles. The number of rotatable bonds is 5. The molecule has 3 unspecified atom stereocenters. The first-order valence-electron chi connectivity index (χ1n) is 10.3. The van der Waals surface area contributed by atoms with Crippen LogP contribution >= 0.6 is 0 Å². The fourth-order valence-electron chi connectivity index (χ4n) is 4.28. The van der Waals surface area contributed by atoms with Gasteiger partial charge >= 0.3 is 0 Å². The second-order valence-corrected chi connectivity index (χ2v) is 8.22. The van der Waals surface area contributed by atoms with Crippen molar-refractivity contribution in [1.82, 2.24) is 19.9 Å². The van der Waals surface area contributed by atoms with Crippen molar-refractivity contribution in [3.8, 4) is 5.75 Å². The molecule has 1 amide bonds. The SMILES string of the molecule is CCOc1ccc(C)nc1C(=O)N1CC2CC2CC1N(C)c1nc(C)cc(C)n1. The summed E-state index contributed by atoms with van der Waals surface area (Å²) in [6.45, 7) is 8.99. The van der Waals surface area contributed by atoms with Crippen LogP contribution in [-0.2, 0) is 0 Å². The highest BCUT2D eigenvalue weighted by Crippen LogP contribution is 2.48. The summed E-state index contributed by atoms with van der Waals surface area (Å²) in [6.07, 6.45) is 2.02. The fraction of sp³-hybridized carbons (Fsp3) is 0.545. The van der Waals surface area contributed by atoms with Crippen LogP contribution in [0.15, 0.2) is 18.2 Å². The maximum Gasteiger partial charge on any atom is 0.277 e. The molecule has 2 aliphatic rings. The zero-order valence-electron chi connectivity index (χ0n) is 17.8. The molecular formula is C22H29N5O2. The normalized spacial score (nSPS) is 22.8. The lowest BCUT2D eigenvalue weighted by Gasteiger charge is -2.40. The molecule has 7 heteroatoms. The van der Waals surface area contributed by atoms with Gasteiger partial charge in [-0.25, -0.2) is 15.0 Å². The third-order valence-electron chi connectivity index (χ3n) is 5.87. The van der Waals surface area contributed by atoms with Crippen molar-refractivity contribution in [2.45, 2.75) is 46.7 Å². The van der Waals surface area contributed by atoms with E-state index in [0.717, 1.165) is 30.0 Å². The van der Waals surface area contributed by atoms with Crippen LogP contribution in [0.3, 0.4) is 0 Å². The molecule has 2 fully saturated rings. The number of amides is 1. The van der Waals surface area contributed by atoms with Gasteiger partial charge in [0.25, 0.3) is 5.91 Å². The van der Waals surface area contributed by atoms with Gasteiger partial charge in [0.15, 0.2) is 11.4 Å². The van der Waals surface area contributed by atoms with E-state index in [9.17, 15) is 4.79 Å². The predicted octanol–water partition coefficient (Wildman–Crippen LogP) is 3.14. The predicted molar refractivity (Wildman–Crippen MR) is 111 cm³/mol. The smallest absolute Gasteiger partial charge is 0.277 e. The Labute approximate surface area is 172 Å². The van der Waals surface area contributed by atoms with Crippen LogP contribution in [0.2, 0.25) is 0 Å². The highest BCUT2D eigenvalue weighted by molar-refractivity contribution is 5.95. The number of nitrogens with zero attached hydrogens (tertiary/aromatic N) is 5. The summed E-state index contributed by atoms with van der Waals surface area (Å²) in [4.78, 5) is 31.4. The van der Waals surface area contributed by atoms with E-state index < -0.39 is 0 Å². The van der Waals surface area contributed by atoms with Gasteiger partial charge in [0.1, 0.15) is 6.17 Å². The number of carbonyl (C=O) groups excluding carboxylic acids is 1. The minimum atomic E-state index is -0.0933. The monoisotopic (exact) mass is 395 g/mol. The molecule has 1 aliphatic heterocycles. The molecule has 1 saturated heterocycles. The molecule has 2 aromatic rings. The number of anilines is 1. The standard InChI is InChI=1S/C22H29N5O2/c1-6-29-18-8-7-13(2)23-20(18)21(28)27-12-17-10-16(17)11-19(27)26(5)22-24-14(3)9-15(4)25-22/h7-9,16-17,19H,6,10-12H2,1-5H3. The number of aryl methyl sites for hydroxylation is 3. The maximum atomic E-state index is 13.6. The molecule has 0 aromatic carbocycles. The number of pyridine rings is 1. The Morgan fingerprint density at radius 2 is 1.83 bits per heavy atom. The van der Waals surface area contributed by atoms with Crippen molar-refractivity contribution >= 4 is 11.9 Å². The van der Waals surface area contributed by atoms with Crippen molar-refractivity contribution in [1.29, 1.82) is 0 Å². The Bertz CT molecular complexity index is 911. The van der Waals surface area contributed by atoms with Crippen LogP contribution < -0.4 is 9.64 Å². The van der Waals surface area contributed by atoms with Crippen molar-refractivity contribution < 1.29 is 9.53 Å². The molecule has 3 heterocycles. The summed E-state index contributed by atoms with van der Waals surface area (Å²) in [6, 6.07) is 5.68. The molecule has 1 saturated carbocycles. The average Bonchev–Trinajstić information content (AvgIpc) is 3.45. The summed E-state index contributed by atoms with van der Waals surface area (Å²) in [5.74, 6) is 2.39. The maximum absolute atomic E-state index is 13.6. The number of fused-ring (bicyclic) bond motifs is 1. The topological polar surface area (TPSA) is 71.5 Å². The van der Waals surface area contributed by atoms with Crippen molar-refractivity contribution in [2.75, 3.05) is 25.1 Å². The number of hydrogen-bond acceptors (Lipinski definition) is 6. The first-order valence-corrected chi connectivity index (χ1v) is 10.3. The van der Waals surface area contributed by atoms with E-state index >= 15 is 0 Å². The lowest BCUT2D eigenvalue weighted by molar-refractivity contribution is 0.0588. The molecule has 3 atom stereocenters. The summed E-state index contributed by atoms with van der Waals surface area (Å²) >= 11 is 0. The van der Waals surface area contributed by atoms with Crippen molar-refractivity contribution in [3.63, 3.8) is 0 Å². The highest BCUT2D eigenvalue weighted by Gasteiger charge is 2.49. The number of hydrogen-bond donors (Lipinski definition) is 0. The van der Waals surface area contributed by atoms with Crippen LogP contribution in [0.4, 0.5) is 5.95 Å². The highest BCUT2D eigenvalue weighted by atomic mass is 16.5. The second kappa shape index (κ2) is 7.61. The Kier molecular flexibility index (Phi) is 5.15. The number of likely N-dealkylation sites (tertiary alicyclic amines) is 1. The van der Waals surface area contributed by atoms with Gasteiger partial charge < -0.3 is 14.5 Å². The molecule has 0 bridgehead atoms. The zero-order chi connectivity index (χ0) is 20.7. The van der Waals surface area contributed by atoms with Crippen LogP contribution in [0.5, 0.6) is 5.75 Å². The van der Waals surface area contributed by atoms with Gasteiger partial charge in [-0.3, -0.25) is 4.79 Å². The Hall–Kier alpha value is -2.70. The van der Waals surface area contributed by atoms with Crippen LogP contribution in [-0.4, -0.2) is 52.1 Å². The Morgan fingerprint density at radius 1 is 1.10 bits per heavy atom. The summed E-state index contributed by atoms with van der Waals surface area (Å²) in [5.41, 5.74) is 3.05. The largest absolute Gasteiger partial charge is 0.491 e.